The van der Waals surface area contributed by atoms with Gasteiger partial charge in [-0.2, -0.15) is 0 Å². The highest BCUT2D eigenvalue weighted by Gasteiger charge is 2.23. The lowest BCUT2D eigenvalue weighted by Crippen LogP contribution is -2.35. The summed E-state index contributed by atoms with van der Waals surface area (Å²) in [5.74, 6) is -0.252. The lowest BCUT2D eigenvalue weighted by atomic mass is 10.1. The highest BCUT2D eigenvalue weighted by atomic mass is 19.1. The molecule has 0 radical (unpaired) electrons. The van der Waals surface area contributed by atoms with Gasteiger partial charge in [-0.25, -0.2) is 9.18 Å². The highest BCUT2D eigenvalue weighted by molar-refractivity contribution is 5.69. The van der Waals surface area contributed by atoms with Crippen LogP contribution in [0.15, 0.2) is 18.2 Å². The van der Waals surface area contributed by atoms with Gasteiger partial charge < -0.3 is 20.1 Å². The van der Waals surface area contributed by atoms with Gasteiger partial charge in [0, 0.05) is 12.1 Å². The molecular formula is C15H21FN2O3. The van der Waals surface area contributed by atoms with Crippen molar-refractivity contribution in [2.75, 3.05) is 13.2 Å². The van der Waals surface area contributed by atoms with E-state index < -0.39 is 11.9 Å². The molecule has 0 spiro atoms. The Morgan fingerprint density at radius 3 is 2.81 bits per heavy atom. The molecule has 1 fully saturated rings. The maximum atomic E-state index is 13.9. The van der Waals surface area contributed by atoms with Crippen LogP contribution in [0.4, 0.5) is 9.18 Å². The van der Waals surface area contributed by atoms with E-state index in [2.05, 4.69) is 31.4 Å². The Hall–Kier alpha value is -1.82. The Morgan fingerprint density at radius 2 is 2.24 bits per heavy atom. The minimum absolute atomic E-state index is 0.0228. The number of benzene rings is 1. The summed E-state index contributed by atoms with van der Waals surface area (Å²) in [4.78, 5) is 10.9. The number of amides is 1. The molecule has 1 aromatic rings. The van der Waals surface area contributed by atoms with Gasteiger partial charge in [0.1, 0.15) is 6.61 Å². The topological polar surface area (TPSA) is 59.6 Å². The number of ether oxygens (including phenoxy) is 2. The summed E-state index contributed by atoms with van der Waals surface area (Å²) in [5, 5.41) is 5.81. The van der Waals surface area contributed by atoms with E-state index in [1.54, 1.807) is 6.07 Å². The Balaban J connectivity index is 1.88. The molecule has 21 heavy (non-hydrogen) atoms. The first-order valence-corrected chi connectivity index (χ1v) is 6.94. The van der Waals surface area contributed by atoms with Crippen LogP contribution < -0.4 is 15.4 Å². The third-order valence-electron chi connectivity index (χ3n) is 2.99. The van der Waals surface area contributed by atoms with Crippen molar-refractivity contribution in [3.05, 3.63) is 29.6 Å². The molecule has 0 aliphatic carbocycles. The van der Waals surface area contributed by atoms with E-state index in [-0.39, 0.29) is 24.0 Å². The molecule has 2 N–H and O–H groups in total. The van der Waals surface area contributed by atoms with E-state index in [9.17, 15) is 9.18 Å². The number of cyclic esters (lactones) is 1. The maximum Gasteiger partial charge on any atom is 0.407 e. The predicted octanol–water partition coefficient (Wildman–Crippen LogP) is 2.20. The van der Waals surface area contributed by atoms with E-state index in [1.807, 2.05) is 6.07 Å². The molecule has 0 bridgehead atoms. The van der Waals surface area contributed by atoms with Crippen LogP contribution >= 0.6 is 0 Å². The van der Waals surface area contributed by atoms with Crippen LogP contribution in [0.5, 0.6) is 5.75 Å². The van der Waals surface area contributed by atoms with Crippen LogP contribution in [0.1, 0.15) is 26.3 Å². The van der Waals surface area contributed by atoms with Crippen LogP contribution in [-0.2, 0) is 11.3 Å². The number of rotatable bonds is 5. The molecule has 1 amide bonds. The molecule has 0 aromatic heterocycles. The lowest BCUT2D eigenvalue weighted by Gasteiger charge is -2.20. The standard InChI is InChI=1S/C15H21FN2O3/c1-15(2,3)18-7-10-4-5-13(12(16)6-10)20-9-11-8-17-14(19)21-11/h4-6,11,18H,7-9H2,1-3H3,(H,17,19). The smallest absolute Gasteiger partial charge is 0.407 e. The fourth-order valence-corrected chi connectivity index (χ4v) is 1.85. The first-order chi connectivity index (χ1) is 9.83. The molecule has 116 valence electrons. The minimum Gasteiger partial charge on any atom is -0.487 e. The van der Waals surface area contributed by atoms with Gasteiger partial charge in [0.25, 0.3) is 0 Å². The summed E-state index contributed by atoms with van der Waals surface area (Å²) < 4.78 is 24.2. The van der Waals surface area contributed by atoms with Crippen molar-refractivity contribution in [2.45, 2.75) is 39.0 Å². The Labute approximate surface area is 123 Å². The van der Waals surface area contributed by atoms with Crippen molar-refractivity contribution >= 4 is 6.09 Å². The highest BCUT2D eigenvalue weighted by Crippen LogP contribution is 2.19. The molecule has 2 rings (SSSR count). The average Bonchev–Trinajstić information content (AvgIpc) is 2.80. The largest absolute Gasteiger partial charge is 0.487 e. The molecular weight excluding hydrogens is 275 g/mol. The summed E-state index contributed by atoms with van der Waals surface area (Å²) in [6, 6.07) is 4.86. The van der Waals surface area contributed by atoms with Crippen LogP contribution in [-0.4, -0.2) is 30.9 Å². The van der Waals surface area contributed by atoms with Gasteiger partial charge in [-0.15, -0.1) is 0 Å². The zero-order valence-electron chi connectivity index (χ0n) is 12.5. The van der Waals surface area contributed by atoms with Crippen molar-refractivity contribution in [3.8, 4) is 5.75 Å². The Bertz CT molecular complexity index is 514. The van der Waals surface area contributed by atoms with Gasteiger partial charge in [-0.05, 0) is 38.5 Å². The zero-order valence-corrected chi connectivity index (χ0v) is 12.5. The lowest BCUT2D eigenvalue weighted by molar-refractivity contribution is 0.103. The van der Waals surface area contributed by atoms with Crippen LogP contribution in [0.2, 0.25) is 0 Å². The van der Waals surface area contributed by atoms with E-state index in [0.717, 1.165) is 5.56 Å². The normalized spacial score (nSPS) is 18.3. The first-order valence-electron chi connectivity index (χ1n) is 6.94. The summed E-state index contributed by atoms with van der Waals surface area (Å²) in [6.07, 6.45) is -0.841. The summed E-state index contributed by atoms with van der Waals surface area (Å²) in [6.45, 7) is 7.27. The van der Waals surface area contributed by atoms with Crippen molar-refractivity contribution < 1.29 is 18.7 Å². The van der Waals surface area contributed by atoms with Crippen molar-refractivity contribution in [1.82, 2.24) is 10.6 Å². The molecule has 1 unspecified atom stereocenters. The SMILES string of the molecule is CC(C)(C)NCc1ccc(OCC2CNC(=O)O2)c(F)c1. The van der Waals surface area contributed by atoms with Gasteiger partial charge >= 0.3 is 6.09 Å². The van der Waals surface area contributed by atoms with Crippen molar-refractivity contribution in [2.24, 2.45) is 0 Å². The number of nitrogens with one attached hydrogen (secondary N) is 2. The first kappa shape index (κ1) is 15.6. The molecule has 5 nitrogen and oxygen atoms in total. The second kappa shape index (κ2) is 6.30. The molecule has 6 heteroatoms. The van der Waals surface area contributed by atoms with Crippen LogP contribution in [0.3, 0.4) is 0 Å². The summed E-state index contributed by atoms with van der Waals surface area (Å²) in [5.41, 5.74) is 0.828. The fraction of sp³-hybridized carbons (Fsp3) is 0.533. The monoisotopic (exact) mass is 296 g/mol. The number of carbonyl (C=O) groups excluding carboxylic acids is 1. The third-order valence-corrected chi connectivity index (χ3v) is 2.99. The van der Waals surface area contributed by atoms with Gasteiger partial charge in [-0.3, -0.25) is 0 Å². The summed E-state index contributed by atoms with van der Waals surface area (Å²) >= 11 is 0. The number of halogens is 1. The second-order valence-electron chi connectivity index (χ2n) is 6.09. The Kier molecular flexibility index (Phi) is 4.67. The number of hydrogen-bond acceptors (Lipinski definition) is 4. The molecule has 1 heterocycles. The molecule has 0 saturated carbocycles. The van der Waals surface area contributed by atoms with E-state index in [0.29, 0.717) is 13.1 Å². The molecule has 1 atom stereocenters. The second-order valence-corrected chi connectivity index (χ2v) is 6.09. The minimum atomic E-state index is -0.465. The molecule has 1 aromatic carbocycles. The third kappa shape index (κ3) is 4.90. The van der Waals surface area contributed by atoms with Crippen molar-refractivity contribution in [1.29, 1.82) is 0 Å². The molecule has 1 aliphatic rings. The zero-order chi connectivity index (χ0) is 15.5. The number of carbonyl (C=O) groups is 1. The maximum absolute atomic E-state index is 13.9. The van der Waals surface area contributed by atoms with Gasteiger partial charge in [0.15, 0.2) is 17.7 Å². The van der Waals surface area contributed by atoms with Crippen LogP contribution in [0.25, 0.3) is 0 Å². The van der Waals surface area contributed by atoms with Gasteiger partial charge in [0.05, 0.1) is 6.54 Å². The van der Waals surface area contributed by atoms with E-state index in [1.165, 1.54) is 6.07 Å². The molecule has 1 aliphatic heterocycles. The van der Waals surface area contributed by atoms with Crippen molar-refractivity contribution in [3.63, 3.8) is 0 Å². The average molecular weight is 296 g/mol. The van der Waals surface area contributed by atoms with E-state index >= 15 is 0 Å². The Morgan fingerprint density at radius 1 is 1.48 bits per heavy atom. The quantitative estimate of drug-likeness (QED) is 0.874. The fourth-order valence-electron chi connectivity index (χ4n) is 1.85. The molecule has 1 saturated heterocycles. The predicted molar refractivity (Wildman–Crippen MR) is 76.8 cm³/mol. The number of hydrogen-bond donors (Lipinski definition) is 2. The number of alkyl carbamates (subject to hydrolysis) is 1. The summed E-state index contributed by atoms with van der Waals surface area (Å²) in [7, 11) is 0. The van der Waals surface area contributed by atoms with Crippen LogP contribution in [0, 0.1) is 5.82 Å². The van der Waals surface area contributed by atoms with Gasteiger partial charge in [-0.1, -0.05) is 6.07 Å². The van der Waals surface area contributed by atoms with E-state index in [4.69, 9.17) is 9.47 Å². The van der Waals surface area contributed by atoms with Gasteiger partial charge in [0.2, 0.25) is 0 Å².